The van der Waals surface area contributed by atoms with E-state index in [9.17, 15) is 9.59 Å². The van der Waals surface area contributed by atoms with E-state index in [0.29, 0.717) is 6.04 Å². The van der Waals surface area contributed by atoms with Gasteiger partial charge in [0.2, 0.25) is 5.91 Å². The van der Waals surface area contributed by atoms with Crippen LogP contribution in [0.25, 0.3) is 0 Å². The smallest absolute Gasteiger partial charge is 0.319 e. The molecule has 0 atom stereocenters. The predicted molar refractivity (Wildman–Crippen MR) is 55.3 cm³/mol. The second-order valence-corrected chi connectivity index (χ2v) is 3.59. The Balaban J connectivity index is 2.19. The highest BCUT2D eigenvalue weighted by molar-refractivity contribution is 5.80. The molecule has 1 N–H and O–H groups in total. The third-order valence-electron chi connectivity index (χ3n) is 2.42. The van der Waals surface area contributed by atoms with Crippen molar-refractivity contribution in [3.63, 3.8) is 0 Å². The predicted octanol–water partition coefficient (Wildman–Crippen LogP) is -0.240. The van der Waals surface area contributed by atoms with Gasteiger partial charge < -0.3 is 9.64 Å². The standard InChI is InChI=1S/C10H18N2O3/c1-3-12(8-4-5-8)9(13)6-11-7-10(14)15-2/h8,11H,3-7H2,1-2H3. The summed E-state index contributed by atoms with van der Waals surface area (Å²) in [6.07, 6.45) is 2.22. The van der Waals surface area contributed by atoms with E-state index in [1.54, 1.807) is 0 Å². The van der Waals surface area contributed by atoms with Crippen LogP contribution < -0.4 is 5.32 Å². The summed E-state index contributed by atoms with van der Waals surface area (Å²) < 4.78 is 4.45. The van der Waals surface area contributed by atoms with Gasteiger partial charge in [-0.2, -0.15) is 0 Å². The molecule has 1 saturated carbocycles. The zero-order valence-corrected chi connectivity index (χ0v) is 9.28. The minimum absolute atomic E-state index is 0.0592. The molecule has 0 radical (unpaired) electrons. The van der Waals surface area contributed by atoms with Crippen LogP contribution in [-0.4, -0.2) is 49.6 Å². The maximum absolute atomic E-state index is 11.6. The number of esters is 1. The molecule has 5 heteroatoms. The molecule has 0 aromatic rings. The number of rotatable bonds is 6. The zero-order valence-electron chi connectivity index (χ0n) is 9.28. The molecule has 1 aliphatic carbocycles. The lowest BCUT2D eigenvalue weighted by atomic mass is 10.4. The first-order chi connectivity index (χ1) is 7.19. The molecule has 0 bridgehead atoms. The summed E-state index contributed by atoms with van der Waals surface area (Å²) in [5.41, 5.74) is 0. The first-order valence-corrected chi connectivity index (χ1v) is 5.26. The van der Waals surface area contributed by atoms with E-state index < -0.39 is 0 Å². The van der Waals surface area contributed by atoms with Gasteiger partial charge in [-0.25, -0.2) is 0 Å². The molecule has 15 heavy (non-hydrogen) atoms. The molecule has 1 amide bonds. The number of ether oxygens (including phenoxy) is 1. The topological polar surface area (TPSA) is 58.6 Å². The highest BCUT2D eigenvalue weighted by Crippen LogP contribution is 2.26. The van der Waals surface area contributed by atoms with Crippen LogP contribution in [0.2, 0.25) is 0 Å². The van der Waals surface area contributed by atoms with Crippen LogP contribution in [0.4, 0.5) is 0 Å². The van der Waals surface area contributed by atoms with Crippen molar-refractivity contribution in [2.24, 2.45) is 0 Å². The number of methoxy groups -OCH3 is 1. The van der Waals surface area contributed by atoms with Crippen molar-refractivity contribution in [2.45, 2.75) is 25.8 Å². The van der Waals surface area contributed by atoms with Crippen LogP contribution in [-0.2, 0) is 14.3 Å². The maximum atomic E-state index is 11.6. The van der Waals surface area contributed by atoms with Gasteiger partial charge in [0.25, 0.3) is 0 Å². The van der Waals surface area contributed by atoms with Gasteiger partial charge in [-0.3, -0.25) is 14.9 Å². The summed E-state index contributed by atoms with van der Waals surface area (Å²) in [6.45, 7) is 3.00. The average molecular weight is 214 g/mol. The maximum Gasteiger partial charge on any atom is 0.319 e. The van der Waals surface area contributed by atoms with E-state index in [-0.39, 0.29) is 25.0 Å². The number of carbonyl (C=O) groups excluding carboxylic acids is 2. The summed E-state index contributed by atoms with van der Waals surface area (Å²) in [5, 5.41) is 2.77. The average Bonchev–Trinajstić information content (AvgIpc) is 3.03. The van der Waals surface area contributed by atoms with Gasteiger partial charge in [0.15, 0.2) is 0 Å². The number of likely N-dealkylation sites (N-methyl/N-ethyl adjacent to an activating group) is 1. The quantitative estimate of drug-likeness (QED) is 0.620. The summed E-state index contributed by atoms with van der Waals surface area (Å²) in [7, 11) is 1.33. The lowest BCUT2D eigenvalue weighted by Crippen LogP contribution is -2.40. The minimum atomic E-state index is -0.350. The third kappa shape index (κ3) is 3.87. The Labute approximate surface area is 89.8 Å². The van der Waals surface area contributed by atoms with Crippen LogP contribution in [0.1, 0.15) is 19.8 Å². The van der Waals surface area contributed by atoms with Gasteiger partial charge in [0, 0.05) is 12.6 Å². The van der Waals surface area contributed by atoms with Gasteiger partial charge in [-0.15, -0.1) is 0 Å². The molecule has 0 spiro atoms. The molecule has 0 saturated heterocycles. The van der Waals surface area contributed by atoms with Gasteiger partial charge in [-0.05, 0) is 19.8 Å². The third-order valence-corrected chi connectivity index (χ3v) is 2.42. The fourth-order valence-electron chi connectivity index (χ4n) is 1.47. The fraction of sp³-hybridized carbons (Fsp3) is 0.800. The highest BCUT2D eigenvalue weighted by Gasteiger charge is 2.30. The van der Waals surface area contributed by atoms with Crippen molar-refractivity contribution in [3.05, 3.63) is 0 Å². The Hall–Kier alpha value is -1.10. The summed E-state index contributed by atoms with van der Waals surface area (Å²) in [6, 6.07) is 0.433. The van der Waals surface area contributed by atoms with Crippen LogP contribution in [0.3, 0.4) is 0 Å². The van der Waals surface area contributed by atoms with Crippen LogP contribution in [0, 0.1) is 0 Å². The number of carbonyl (C=O) groups is 2. The number of amides is 1. The van der Waals surface area contributed by atoms with Crippen molar-refractivity contribution >= 4 is 11.9 Å². The minimum Gasteiger partial charge on any atom is -0.468 e. The molecule has 1 aliphatic rings. The second kappa shape index (κ2) is 5.70. The number of nitrogens with zero attached hydrogens (tertiary/aromatic N) is 1. The molecule has 0 aliphatic heterocycles. The van der Waals surface area contributed by atoms with E-state index in [2.05, 4.69) is 10.1 Å². The largest absolute Gasteiger partial charge is 0.468 e. The van der Waals surface area contributed by atoms with Crippen molar-refractivity contribution in [1.29, 1.82) is 0 Å². The van der Waals surface area contributed by atoms with Gasteiger partial charge in [0.05, 0.1) is 20.2 Å². The number of nitrogens with one attached hydrogen (secondary N) is 1. The first-order valence-electron chi connectivity index (χ1n) is 5.26. The molecule has 1 fully saturated rings. The van der Waals surface area contributed by atoms with Crippen molar-refractivity contribution < 1.29 is 14.3 Å². The highest BCUT2D eigenvalue weighted by atomic mass is 16.5. The molecule has 0 heterocycles. The van der Waals surface area contributed by atoms with Gasteiger partial charge in [0.1, 0.15) is 0 Å². The molecule has 5 nitrogen and oxygen atoms in total. The zero-order chi connectivity index (χ0) is 11.3. The fourth-order valence-corrected chi connectivity index (χ4v) is 1.47. The molecular formula is C10H18N2O3. The van der Waals surface area contributed by atoms with Crippen LogP contribution in [0.5, 0.6) is 0 Å². The normalized spacial score (nSPS) is 14.8. The first kappa shape index (κ1) is 12.0. The van der Waals surface area contributed by atoms with E-state index in [1.807, 2.05) is 11.8 Å². The Kier molecular flexibility index (Phi) is 4.55. The van der Waals surface area contributed by atoms with Crippen molar-refractivity contribution in [1.82, 2.24) is 10.2 Å². The van der Waals surface area contributed by atoms with Gasteiger partial charge >= 0.3 is 5.97 Å². The second-order valence-electron chi connectivity index (χ2n) is 3.59. The van der Waals surface area contributed by atoms with E-state index in [0.717, 1.165) is 19.4 Å². The molecule has 0 unspecified atom stereocenters. The molecule has 1 rings (SSSR count). The lowest BCUT2D eigenvalue weighted by molar-refractivity contribution is -0.139. The van der Waals surface area contributed by atoms with Crippen molar-refractivity contribution in [2.75, 3.05) is 26.7 Å². The number of hydrogen-bond acceptors (Lipinski definition) is 4. The SMILES string of the molecule is CCN(C(=O)CNCC(=O)OC)C1CC1. The Morgan fingerprint density at radius 2 is 2.07 bits per heavy atom. The molecule has 0 aromatic heterocycles. The Morgan fingerprint density at radius 3 is 2.53 bits per heavy atom. The Bertz CT molecular complexity index is 239. The molecule has 86 valence electrons. The summed E-state index contributed by atoms with van der Waals surface area (Å²) >= 11 is 0. The van der Waals surface area contributed by atoms with Crippen LogP contribution in [0.15, 0.2) is 0 Å². The Morgan fingerprint density at radius 1 is 1.40 bits per heavy atom. The van der Waals surface area contributed by atoms with E-state index >= 15 is 0 Å². The van der Waals surface area contributed by atoms with E-state index in [4.69, 9.17) is 0 Å². The van der Waals surface area contributed by atoms with Gasteiger partial charge in [-0.1, -0.05) is 0 Å². The van der Waals surface area contributed by atoms with Crippen LogP contribution >= 0.6 is 0 Å². The molecule has 0 aromatic carbocycles. The lowest BCUT2D eigenvalue weighted by Gasteiger charge is -2.20. The van der Waals surface area contributed by atoms with E-state index in [1.165, 1.54) is 7.11 Å². The summed E-state index contributed by atoms with van der Waals surface area (Å²) in [5.74, 6) is -0.291. The van der Waals surface area contributed by atoms with Crippen molar-refractivity contribution in [3.8, 4) is 0 Å². The number of hydrogen-bond donors (Lipinski definition) is 1. The summed E-state index contributed by atoms with van der Waals surface area (Å²) in [4.78, 5) is 24.3. The molecular weight excluding hydrogens is 196 g/mol. The monoisotopic (exact) mass is 214 g/mol.